The quantitative estimate of drug-likeness (QED) is 0.879. The summed E-state index contributed by atoms with van der Waals surface area (Å²) in [7, 11) is -1.79. The van der Waals surface area contributed by atoms with Gasteiger partial charge in [0, 0.05) is 20.1 Å². The minimum absolute atomic E-state index is 0.0703. The number of hydrogen-bond donors (Lipinski definition) is 1. The molecular formula is C16H28N2O2S. The van der Waals surface area contributed by atoms with Crippen molar-refractivity contribution in [2.45, 2.75) is 46.1 Å². The van der Waals surface area contributed by atoms with Gasteiger partial charge in [-0.25, -0.2) is 12.7 Å². The van der Waals surface area contributed by atoms with Crippen molar-refractivity contribution in [1.29, 1.82) is 0 Å². The maximum atomic E-state index is 12.7. The van der Waals surface area contributed by atoms with Crippen molar-refractivity contribution in [1.82, 2.24) is 9.62 Å². The maximum Gasteiger partial charge on any atom is 0.242 e. The molecule has 21 heavy (non-hydrogen) atoms. The monoisotopic (exact) mass is 312 g/mol. The van der Waals surface area contributed by atoms with Crippen LogP contribution in [0.3, 0.4) is 0 Å². The lowest BCUT2D eigenvalue weighted by molar-refractivity contribution is 0.311. The molecule has 0 saturated heterocycles. The second-order valence-corrected chi connectivity index (χ2v) is 8.74. The van der Waals surface area contributed by atoms with Crippen LogP contribution in [0.4, 0.5) is 0 Å². The fraction of sp³-hybridized carbons (Fsp3) is 0.625. The van der Waals surface area contributed by atoms with Crippen molar-refractivity contribution in [2.75, 3.05) is 20.1 Å². The van der Waals surface area contributed by atoms with Crippen LogP contribution in [0.25, 0.3) is 0 Å². The summed E-state index contributed by atoms with van der Waals surface area (Å²) in [6, 6.07) is 5.36. The van der Waals surface area contributed by atoms with E-state index in [1.807, 2.05) is 40.7 Å². The Morgan fingerprint density at radius 1 is 1.24 bits per heavy atom. The lowest BCUT2D eigenvalue weighted by Gasteiger charge is -2.26. The standard InChI is InChI=1S/C16H28N2O2S/c1-7-17-11-14-10-15(9-8-13(14)2)21(19,20)18(6)12-16(3,4)5/h8-10,17H,7,11-12H2,1-6H3. The van der Waals surface area contributed by atoms with Crippen LogP contribution in [0.5, 0.6) is 0 Å². The van der Waals surface area contributed by atoms with Crippen LogP contribution in [-0.4, -0.2) is 32.9 Å². The largest absolute Gasteiger partial charge is 0.313 e. The number of aryl methyl sites for hydroxylation is 1. The molecule has 1 rings (SSSR count). The summed E-state index contributed by atoms with van der Waals surface area (Å²) >= 11 is 0. The number of nitrogens with one attached hydrogen (secondary N) is 1. The van der Waals surface area contributed by atoms with Crippen molar-refractivity contribution < 1.29 is 8.42 Å². The molecule has 0 radical (unpaired) electrons. The molecule has 0 fully saturated rings. The van der Waals surface area contributed by atoms with Crippen LogP contribution < -0.4 is 5.32 Å². The highest BCUT2D eigenvalue weighted by Crippen LogP contribution is 2.22. The van der Waals surface area contributed by atoms with Crippen molar-refractivity contribution in [3.05, 3.63) is 29.3 Å². The minimum Gasteiger partial charge on any atom is -0.313 e. The molecule has 0 heterocycles. The zero-order valence-corrected chi connectivity index (χ0v) is 14.8. The van der Waals surface area contributed by atoms with Gasteiger partial charge in [-0.15, -0.1) is 0 Å². The lowest BCUT2D eigenvalue weighted by Crippen LogP contribution is -2.34. The van der Waals surface area contributed by atoms with Crippen LogP contribution in [0.15, 0.2) is 23.1 Å². The number of hydrogen-bond acceptors (Lipinski definition) is 3. The summed E-state index contributed by atoms with van der Waals surface area (Å²) in [6.07, 6.45) is 0. The van der Waals surface area contributed by atoms with Gasteiger partial charge in [0.05, 0.1) is 4.90 Å². The zero-order chi connectivity index (χ0) is 16.3. The lowest BCUT2D eigenvalue weighted by atomic mass is 9.97. The van der Waals surface area contributed by atoms with Crippen LogP contribution in [0, 0.1) is 12.3 Å². The van der Waals surface area contributed by atoms with Gasteiger partial charge in [0.2, 0.25) is 10.0 Å². The van der Waals surface area contributed by atoms with Gasteiger partial charge >= 0.3 is 0 Å². The average Bonchev–Trinajstić information content (AvgIpc) is 2.35. The molecule has 0 bridgehead atoms. The molecule has 0 spiro atoms. The van der Waals surface area contributed by atoms with Gasteiger partial charge in [0.1, 0.15) is 0 Å². The van der Waals surface area contributed by atoms with Gasteiger partial charge in [0.15, 0.2) is 0 Å². The number of sulfonamides is 1. The van der Waals surface area contributed by atoms with E-state index in [0.29, 0.717) is 18.0 Å². The third-order valence-electron chi connectivity index (χ3n) is 3.29. The first-order valence-corrected chi connectivity index (χ1v) is 8.78. The van der Waals surface area contributed by atoms with E-state index in [1.165, 1.54) is 4.31 Å². The third kappa shape index (κ3) is 5.09. The van der Waals surface area contributed by atoms with Crippen molar-refractivity contribution in [3.63, 3.8) is 0 Å². The predicted octanol–water partition coefficient (Wildman–Crippen LogP) is 2.77. The first kappa shape index (κ1) is 18.1. The summed E-state index contributed by atoms with van der Waals surface area (Å²) in [5.74, 6) is 0. The van der Waals surface area contributed by atoms with E-state index in [4.69, 9.17) is 0 Å². The van der Waals surface area contributed by atoms with E-state index in [9.17, 15) is 8.42 Å². The molecule has 0 aliphatic rings. The summed E-state index contributed by atoms with van der Waals surface area (Å²) in [4.78, 5) is 0.368. The van der Waals surface area contributed by atoms with Crippen LogP contribution >= 0.6 is 0 Å². The zero-order valence-electron chi connectivity index (χ0n) is 14.0. The van der Waals surface area contributed by atoms with Crippen molar-refractivity contribution in [3.8, 4) is 0 Å². The molecule has 1 aromatic rings. The minimum atomic E-state index is -3.43. The van der Waals surface area contributed by atoms with Gasteiger partial charge < -0.3 is 5.32 Å². The van der Waals surface area contributed by atoms with Crippen LogP contribution in [-0.2, 0) is 16.6 Å². The van der Waals surface area contributed by atoms with Gasteiger partial charge in [-0.3, -0.25) is 0 Å². The molecule has 1 N–H and O–H groups in total. The highest BCUT2D eigenvalue weighted by atomic mass is 32.2. The number of benzene rings is 1. The average molecular weight is 312 g/mol. The molecule has 0 aliphatic heterocycles. The van der Waals surface area contributed by atoms with E-state index in [-0.39, 0.29) is 5.41 Å². The fourth-order valence-corrected chi connectivity index (χ4v) is 3.64. The van der Waals surface area contributed by atoms with Gasteiger partial charge in [-0.05, 0) is 42.1 Å². The predicted molar refractivity (Wildman–Crippen MR) is 87.8 cm³/mol. The summed E-state index contributed by atoms with van der Waals surface area (Å²) in [6.45, 7) is 12.2. The fourth-order valence-electron chi connectivity index (χ4n) is 2.19. The second kappa shape index (κ2) is 6.90. The van der Waals surface area contributed by atoms with Crippen molar-refractivity contribution in [2.24, 2.45) is 5.41 Å². The molecule has 0 atom stereocenters. The highest BCUT2D eigenvalue weighted by molar-refractivity contribution is 7.89. The Hall–Kier alpha value is -0.910. The molecule has 4 nitrogen and oxygen atoms in total. The first-order chi connectivity index (χ1) is 9.58. The normalized spacial score (nSPS) is 12.9. The van der Waals surface area contributed by atoms with Crippen molar-refractivity contribution >= 4 is 10.0 Å². The van der Waals surface area contributed by atoms with Gasteiger partial charge in [-0.2, -0.15) is 0 Å². The van der Waals surface area contributed by atoms with E-state index in [0.717, 1.165) is 17.7 Å². The summed E-state index contributed by atoms with van der Waals surface area (Å²) in [5, 5.41) is 3.24. The smallest absolute Gasteiger partial charge is 0.242 e. The highest BCUT2D eigenvalue weighted by Gasteiger charge is 2.25. The molecular weight excluding hydrogens is 284 g/mol. The maximum absolute atomic E-state index is 12.7. The van der Waals surface area contributed by atoms with Crippen LogP contribution in [0.1, 0.15) is 38.8 Å². The van der Waals surface area contributed by atoms with E-state index < -0.39 is 10.0 Å². The Kier molecular flexibility index (Phi) is 5.96. The Labute approximate surface area is 129 Å². The Morgan fingerprint density at radius 2 is 1.86 bits per heavy atom. The Morgan fingerprint density at radius 3 is 2.38 bits per heavy atom. The van der Waals surface area contributed by atoms with Crippen LogP contribution in [0.2, 0.25) is 0 Å². The first-order valence-electron chi connectivity index (χ1n) is 7.34. The number of nitrogens with zero attached hydrogens (tertiary/aromatic N) is 1. The SMILES string of the molecule is CCNCc1cc(S(=O)(=O)N(C)CC(C)(C)C)ccc1C. The Bertz CT molecular complexity index is 574. The molecule has 0 aromatic heterocycles. The molecule has 1 aromatic carbocycles. The molecule has 5 heteroatoms. The topological polar surface area (TPSA) is 49.4 Å². The van der Waals surface area contributed by atoms with E-state index in [1.54, 1.807) is 19.2 Å². The number of rotatable bonds is 6. The molecule has 0 aliphatic carbocycles. The molecule has 0 saturated carbocycles. The molecule has 0 unspecified atom stereocenters. The van der Waals surface area contributed by atoms with E-state index >= 15 is 0 Å². The van der Waals surface area contributed by atoms with E-state index in [2.05, 4.69) is 5.32 Å². The second-order valence-electron chi connectivity index (χ2n) is 6.69. The Balaban J connectivity index is 3.08. The molecule has 0 amide bonds. The van der Waals surface area contributed by atoms with Gasteiger partial charge in [-0.1, -0.05) is 33.8 Å². The van der Waals surface area contributed by atoms with Gasteiger partial charge in [0.25, 0.3) is 0 Å². The summed E-state index contributed by atoms with van der Waals surface area (Å²) < 4.78 is 26.7. The third-order valence-corrected chi connectivity index (χ3v) is 5.09. The molecule has 120 valence electrons. The summed E-state index contributed by atoms with van der Waals surface area (Å²) in [5.41, 5.74) is 2.06.